The van der Waals surface area contributed by atoms with Crippen molar-refractivity contribution in [3.05, 3.63) is 53.4 Å². The topological polar surface area (TPSA) is 118 Å². The number of aryl methyl sites for hydroxylation is 1. The van der Waals surface area contributed by atoms with Crippen LogP contribution in [-0.2, 0) is 16.1 Å². The van der Waals surface area contributed by atoms with E-state index in [4.69, 9.17) is 28.5 Å². The van der Waals surface area contributed by atoms with Crippen LogP contribution in [0.25, 0.3) is 11.4 Å². The molecule has 34 heavy (non-hydrogen) atoms. The van der Waals surface area contributed by atoms with Gasteiger partial charge in [0.1, 0.15) is 10.8 Å². The van der Waals surface area contributed by atoms with Crippen molar-refractivity contribution in [3.8, 4) is 22.9 Å². The summed E-state index contributed by atoms with van der Waals surface area (Å²) in [6.45, 7) is 2.24. The van der Waals surface area contributed by atoms with Crippen molar-refractivity contribution in [2.45, 2.75) is 13.5 Å². The van der Waals surface area contributed by atoms with Crippen molar-refractivity contribution in [1.82, 2.24) is 10.1 Å². The molecule has 0 atom stereocenters. The van der Waals surface area contributed by atoms with Crippen molar-refractivity contribution >= 4 is 34.3 Å². The van der Waals surface area contributed by atoms with Gasteiger partial charge in [-0.3, -0.25) is 0 Å². The number of carbonyl (C=O) groups is 1. The number of methoxy groups -OCH3 is 2. The van der Waals surface area contributed by atoms with Gasteiger partial charge >= 0.3 is 6.09 Å². The Hall–Kier alpha value is -3.70. The van der Waals surface area contributed by atoms with Gasteiger partial charge < -0.3 is 23.5 Å². The Morgan fingerprint density at radius 2 is 1.97 bits per heavy atom. The third-order valence-corrected chi connectivity index (χ3v) is 5.50. The number of amides is 1. The molecule has 0 aliphatic carbocycles. The molecule has 2 heterocycles. The Bertz CT molecular complexity index is 1240. The average molecular weight is 483 g/mol. The molecule has 0 N–H and O–H groups in total. The minimum absolute atomic E-state index is 0.149. The summed E-state index contributed by atoms with van der Waals surface area (Å²) < 4.78 is 26.4. The fourth-order valence-corrected chi connectivity index (χ4v) is 3.78. The highest BCUT2D eigenvalue weighted by Crippen LogP contribution is 2.36. The van der Waals surface area contributed by atoms with E-state index in [2.05, 4.69) is 15.1 Å². The number of carbonyl (C=O) groups excluding carboxylic acids is 1. The van der Waals surface area contributed by atoms with Crippen molar-refractivity contribution in [2.75, 3.05) is 27.3 Å². The second kappa shape index (κ2) is 10.5. The van der Waals surface area contributed by atoms with E-state index in [-0.39, 0.29) is 6.79 Å². The zero-order valence-corrected chi connectivity index (χ0v) is 19.8. The molecule has 176 valence electrons. The summed E-state index contributed by atoms with van der Waals surface area (Å²) in [7, 11) is 2.83. The first kappa shape index (κ1) is 23.5. The molecule has 0 unspecified atom stereocenters. The van der Waals surface area contributed by atoms with Crippen LogP contribution in [0.2, 0.25) is 0 Å². The first-order chi connectivity index (χ1) is 16.5. The zero-order valence-electron chi connectivity index (χ0n) is 19.0. The van der Waals surface area contributed by atoms with Crippen molar-refractivity contribution < 1.29 is 28.3 Å². The van der Waals surface area contributed by atoms with E-state index in [1.165, 1.54) is 18.9 Å². The van der Waals surface area contributed by atoms with Gasteiger partial charge in [-0.05, 0) is 42.7 Å². The molecule has 1 aliphatic rings. The molecule has 1 amide bonds. The lowest BCUT2D eigenvalue weighted by atomic mass is 10.0. The summed E-state index contributed by atoms with van der Waals surface area (Å²) in [5.74, 6) is 2.12. The lowest BCUT2D eigenvalue weighted by Gasteiger charge is -2.21. The molecule has 0 saturated heterocycles. The second-order valence-electron chi connectivity index (χ2n) is 7.01. The second-order valence-corrected chi connectivity index (χ2v) is 7.81. The molecule has 0 radical (unpaired) electrons. The van der Waals surface area contributed by atoms with Crippen LogP contribution in [0, 0.1) is 6.92 Å². The molecule has 0 fully saturated rings. The van der Waals surface area contributed by atoms with E-state index >= 15 is 0 Å². The average Bonchev–Trinajstić information content (AvgIpc) is 3.31. The maximum absolute atomic E-state index is 12.0. The summed E-state index contributed by atoms with van der Waals surface area (Å²) in [4.78, 5) is 25.1. The van der Waals surface area contributed by atoms with Gasteiger partial charge in [-0.1, -0.05) is 5.16 Å². The third kappa shape index (κ3) is 5.10. The molecule has 2 aromatic carbocycles. The van der Waals surface area contributed by atoms with E-state index in [1.807, 2.05) is 30.3 Å². The van der Waals surface area contributed by atoms with Crippen LogP contribution in [-0.4, -0.2) is 54.3 Å². The van der Waals surface area contributed by atoms with Crippen LogP contribution in [0.3, 0.4) is 0 Å². The largest absolute Gasteiger partial charge is 0.493 e. The predicted molar refractivity (Wildman–Crippen MR) is 127 cm³/mol. The number of aromatic nitrogens is 2. The van der Waals surface area contributed by atoms with Gasteiger partial charge in [0.05, 0.1) is 26.5 Å². The molecule has 0 spiro atoms. The number of thioether (sulfide) groups is 1. The molecule has 0 bridgehead atoms. The normalized spacial score (nSPS) is 13.8. The van der Waals surface area contributed by atoms with Crippen LogP contribution >= 0.6 is 11.8 Å². The van der Waals surface area contributed by atoms with Gasteiger partial charge in [-0.2, -0.15) is 9.98 Å². The predicted octanol–water partition coefficient (Wildman–Crippen LogP) is 4.57. The number of rotatable bonds is 5. The highest BCUT2D eigenvalue weighted by Gasteiger charge is 2.22. The van der Waals surface area contributed by atoms with Gasteiger partial charge in [-0.15, -0.1) is 11.8 Å². The van der Waals surface area contributed by atoms with Gasteiger partial charge in [-0.25, -0.2) is 9.79 Å². The third-order valence-electron chi connectivity index (χ3n) is 4.83. The minimum Gasteiger partial charge on any atom is -0.493 e. The first-order valence-corrected chi connectivity index (χ1v) is 11.4. The van der Waals surface area contributed by atoms with E-state index in [1.54, 1.807) is 26.4 Å². The monoisotopic (exact) mass is 482 g/mol. The lowest BCUT2D eigenvalue weighted by molar-refractivity contribution is -0.0180. The molecular formula is C23H22N4O6S. The number of benzene rings is 2. The van der Waals surface area contributed by atoms with Crippen molar-refractivity contribution in [3.63, 3.8) is 0 Å². The van der Waals surface area contributed by atoms with Crippen LogP contribution in [0.15, 0.2) is 50.9 Å². The number of aliphatic imine (C=N–C) groups is 2. The number of hydrogen-bond acceptors (Lipinski definition) is 10. The van der Waals surface area contributed by atoms with Crippen molar-refractivity contribution in [2.24, 2.45) is 9.98 Å². The Morgan fingerprint density at radius 1 is 1.18 bits per heavy atom. The summed E-state index contributed by atoms with van der Waals surface area (Å²) in [6.07, 6.45) is 1.08. The number of fused-ring (bicyclic) bond motifs is 1. The first-order valence-electron chi connectivity index (χ1n) is 10.1. The van der Waals surface area contributed by atoms with Gasteiger partial charge in [0.15, 0.2) is 18.3 Å². The van der Waals surface area contributed by atoms with Crippen LogP contribution in [0.1, 0.15) is 17.0 Å². The van der Waals surface area contributed by atoms with E-state index < -0.39 is 6.09 Å². The van der Waals surface area contributed by atoms with E-state index in [0.717, 1.165) is 11.1 Å². The number of hydrogen-bond donors (Lipinski definition) is 0. The summed E-state index contributed by atoms with van der Waals surface area (Å²) in [6, 6.07) is 11.0. The van der Waals surface area contributed by atoms with Gasteiger partial charge in [0.2, 0.25) is 11.7 Å². The molecule has 10 nitrogen and oxygen atoms in total. The smallest absolute Gasteiger partial charge is 0.434 e. The number of ether oxygens (including phenoxy) is 4. The van der Waals surface area contributed by atoms with Crippen LogP contribution < -0.4 is 9.47 Å². The summed E-state index contributed by atoms with van der Waals surface area (Å²) in [5, 5.41) is 4.31. The summed E-state index contributed by atoms with van der Waals surface area (Å²) >= 11 is 1.27. The quantitative estimate of drug-likeness (QED) is 0.381. The fraction of sp³-hybridized carbons (Fsp3) is 0.261. The minimum atomic E-state index is -0.725. The molecule has 11 heteroatoms. The van der Waals surface area contributed by atoms with E-state index in [9.17, 15) is 4.79 Å². The van der Waals surface area contributed by atoms with E-state index in [0.29, 0.717) is 51.8 Å². The fourth-order valence-electron chi connectivity index (χ4n) is 3.26. The molecule has 1 aromatic heterocycles. The van der Waals surface area contributed by atoms with Crippen LogP contribution in [0.5, 0.6) is 11.5 Å². The van der Waals surface area contributed by atoms with Crippen molar-refractivity contribution in [1.29, 1.82) is 0 Å². The Kier molecular flexibility index (Phi) is 7.24. The molecular weight excluding hydrogens is 460 g/mol. The Morgan fingerprint density at radius 3 is 2.62 bits per heavy atom. The molecule has 1 aliphatic heterocycles. The maximum atomic E-state index is 12.0. The Labute approximate surface area is 200 Å². The van der Waals surface area contributed by atoms with Gasteiger partial charge in [0.25, 0.3) is 0 Å². The molecule has 3 aromatic rings. The van der Waals surface area contributed by atoms with Crippen LogP contribution in [0.4, 0.5) is 10.5 Å². The molecule has 0 saturated carbocycles. The SMILES string of the molecule is COC(=O)N=C(SC)/C(=N/c1ccc(-c2noc(C)n2)cc1)c1cc2c(c(OC)c1)OCOC2. The highest BCUT2D eigenvalue weighted by atomic mass is 32.2. The lowest BCUT2D eigenvalue weighted by Crippen LogP contribution is -2.17. The zero-order chi connectivity index (χ0) is 24.1. The molecule has 4 rings (SSSR count). The van der Waals surface area contributed by atoms with Gasteiger partial charge in [0, 0.05) is 23.6 Å². The number of nitrogens with zero attached hydrogens (tertiary/aromatic N) is 4. The summed E-state index contributed by atoms with van der Waals surface area (Å²) in [5.41, 5.74) is 3.37. The highest BCUT2D eigenvalue weighted by molar-refractivity contribution is 8.15. The standard InChI is InChI=1S/C23H22N4O6S/c1-13-24-21(27-33-13)14-5-7-17(8-6-14)25-19(22(34-4)26-23(28)30-3)15-9-16-11-31-12-32-20(16)18(10-15)29-2/h5-10H,11-12H2,1-4H3/b25-19+,26-22?. The maximum Gasteiger partial charge on any atom is 0.434 e. The Balaban J connectivity index is 1.81.